The number of aromatic nitrogens is 4. The lowest BCUT2D eigenvalue weighted by Crippen LogP contribution is -2.12. The first-order valence-electron chi connectivity index (χ1n) is 5.51. The Morgan fingerprint density at radius 1 is 1.32 bits per heavy atom. The number of H-pyrrole nitrogens is 1. The maximum Gasteiger partial charge on any atom is 0.224 e. The summed E-state index contributed by atoms with van der Waals surface area (Å²) < 4.78 is 13.6. The van der Waals surface area contributed by atoms with Crippen LogP contribution in [-0.4, -0.2) is 27.2 Å². The van der Waals surface area contributed by atoms with Crippen molar-refractivity contribution in [3.8, 4) is 0 Å². The zero-order chi connectivity index (χ0) is 13.4. The highest BCUT2D eigenvalue weighted by atomic mass is 35.5. The number of hydrogen-bond acceptors (Lipinski definition) is 4. The van der Waals surface area contributed by atoms with E-state index in [-0.39, 0.29) is 11.1 Å². The maximum absolute atomic E-state index is 13.6. The van der Waals surface area contributed by atoms with Crippen LogP contribution in [0.4, 0.5) is 16.0 Å². The van der Waals surface area contributed by atoms with E-state index in [2.05, 4.69) is 20.2 Å². The number of halogens is 2. The van der Waals surface area contributed by atoms with Gasteiger partial charge in [0.2, 0.25) is 5.28 Å². The molecule has 0 unspecified atom stereocenters. The standard InChI is InChI=1S/C12H9ClFN5/c1-19(9-5-6-15-12(13)16-9)11-7-3-2-4-8(14)10(7)17-18-11/h2-6H,1H3,(H,17,18). The number of nitrogens with zero attached hydrogens (tertiary/aromatic N) is 4. The number of fused-ring (bicyclic) bond motifs is 1. The van der Waals surface area contributed by atoms with Gasteiger partial charge in [0.15, 0.2) is 5.82 Å². The zero-order valence-electron chi connectivity index (χ0n) is 9.93. The highest BCUT2D eigenvalue weighted by Crippen LogP contribution is 2.28. The van der Waals surface area contributed by atoms with Crippen molar-refractivity contribution in [3.05, 3.63) is 41.6 Å². The summed E-state index contributed by atoms with van der Waals surface area (Å²) in [4.78, 5) is 9.62. The number of nitrogens with one attached hydrogen (secondary N) is 1. The summed E-state index contributed by atoms with van der Waals surface area (Å²) in [5.41, 5.74) is 0.365. The van der Waals surface area contributed by atoms with Crippen LogP contribution in [0.15, 0.2) is 30.5 Å². The Bertz CT molecular complexity index is 742. The Morgan fingerprint density at radius 2 is 2.16 bits per heavy atom. The second-order valence-corrected chi connectivity index (χ2v) is 4.29. The average molecular weight is 278 g/mol. The van der Waals surface area contributed by atoms with Crippen molar-refractivity contribution in [2.24, 2.45) is 0 Å². The zero-order valence-corrected chi connectivity index (χ0v) is 10.7. The van der Waals surface area contributed by atoms with Crippen molar-refractivity contribution in [2.75, 3.05) is 11.9 Å². The summed E-state index contributed by atoms with van der Waals surface area (Å²) >= 11 is 5.76. The van der Waals surface area contributed by atoms with Crippen LogP contribution in [0, 0.1) is 5.82 Å². The molecule has 2 aromatic heterocycles. The van der Waals surface area contributed by atoms with E-state index in [1.807, 2.05) is 0 Å². The molecular formula is C12H9ClFN5. The molecule has 0 aliphatic heterocycles. The first-order chi connectivity index (χ1) is 9.16. The Morgan fingerprint density at radius 3 is 2.95 bits per heavy atom. The Kier molecular flexibility index (Phi) is 2.79. The summed E-state index contributed by atoms with van der Waals surface area (Å²) in [6, 6.07) is 6.51. The van der Waals surface area contributed by atoms with Crippen molar-refractivity contribution in [2.45, 2.75) is 0 Å². The van der Waals surface area contributed by atoms with Gasteiger partial charge in [0.25, 0.3) is 0 Å². The first-order valence-corrected chi connectivity index (χ1v) is 5.89. The van der Waals surface area contributed by atoms with Gasteiger partial charge < -0.3 is 4.90 Å². The van der Waals surface area contributed by atoms with Gasteiger partial charge in [0.05, 0.1) is 0 Å². The molecule has 0 amide bonds. The van der Waals surface area contributed by atoms with Crippen LogP contribution in [0.25, 0.3) is 10.9 Å². The molecule has 7 heteroatoms. The summed E-state index contributed by atoms with van der Waals surface area (Å²) in [5.74, 6) is 0.812. The quantitative estimate of drug-likeness (QED) is 0.732. The van der Waals surface area contributed by atoms with Crippen LogP contribution in [0.5, 0.6) is 0 Å². The first kappa shape index (κ1) is 11.9. The maximum atomic E-state index is 13.6. The van der Waals surface area contributed by atoms with Crippen molar-refractivity contribution < 1.29 is 4.39 Å². The molecule has 19 heavy (non-hydrogen) atoms. The molecule has 0 saturated carbocycles. The SMILES string of the molecule is CN(c1ccnc(Cl)n1)c1n[nH]c2c(F)cccc12. The highest BCUT2D eigenvalue weighted by molar-refractivity contribution is 6.28. The number of hydrogen-bond donors (Lipinski definition) is 1. The van der Waals surface area contributed by atoms with Crippen LogP contribution in [0.1, 0.15) is 0 Å². The number of anilines is 2. The molecule has 0 spiro atoms. The smallest absolute Gasteiger partial charge is 0.224 e. The summed E-state index contributed by atoms with van der Waals surface area (Å²) in [6.45, 7) is 0. The molecule has 0 atom stereocenters. The van der Waals surface area contributed by atoms with Gasteiger partial charge in [-0.15, -0.1) is 0 Å². The fourth-order valence-electron chi connectivity index (χ4n) is 1.87. The Hall–Kier alpha value is -2.21. The lowest BCUT2D eigenvalue weighted by atomic mass is 10.2. The van der Waals surface area contributed by atoms with Gasteiger partial charge in [-0.25, -0.2) is 14.4 Å². The van der Waals surface area contributed by atoms with Crippen molar-refractivity contribution >= 4 is 34.1 Å². The van der Waals surface area contributed by atoms with E-state index < -0.39 is 0 Å². The van der Waals surface area contributed by atoms with Gasteiger partial charge in [-0.05, 0) is 29.8 Å². The molecule has 0 bridgehead atoms. The predicted molar refractivity (Wildman–Crippen MR) is 71.2 cm³/mol. The Balaban J connectivity index is 2.12. The minimum Gasteiger partial charge on any atom is -0.312 e. The molecule has 3 aromatic rings. The second-order valence-electron chi connectivity index (χ2n) is 3.95. The topological polar surface area (TPSA) is 57.7 Å². The van der Waals surface area contributed by atoms with Crippen LogP contribution >= 0.6 is 11.6 Å². The molecule has 1 aromatic carbocycles. The van der Waals surface area contributed by atoms with Crippen LogP contribution in [-0.2, 0) is 0 Å². The summed E-state index contributed by atoms with van der Waals surface area (Å²) in [6.07, 6.45) is 1.55. The van der Waals surface area contributed by atoms with Gasteiger partial charge >= 0.3 is 0 Å². The van der Waals surface area contributed by atoms with Gasteiger partial charge in [-0.3, -0.25) is 5.10 Å². The van der Waals surface area contributed by atoms with E-state index in [4.69, 9.17) is 11.6 Å². The second kappa shape index (κ2) is 4.47. The van der Waals surface area contributed by atoms with E-state index in [1.54, 1.807) is 36.3 Å². The molecule has 0 saturated heterocycles. The fourth-order valence-corrected chi connectivity index (χ4v) is 2.01. The molecule has 0 aliphatic rings. The number of para-hydroxylation sites is 1. The van der Waals surface area contributed by atoms with E-state index in [9.17, 15) is 4.39 Å². The van der Waals surface area contributed by atoms with E-state index in [1.165, 1.54) is 6.07 Å². The molecule has 5 nitrogen and oxygen atoms in total. The van der Waals surface area contributed by atoms with Crippen molar-refractivity contribution in [1.82, 2.24) is 20.2 Å². The molecule has 2 heterocycles. The van der Waals surface area contributed by atoms with Gasteiger partial charge in [0.1, 0.15) is 17.2 Å². The Labute approximate surface area is 113 Å². The van der Waals surface area contributed by atoms with Crippen LogP contribution in [0.2, 0.25) is 5.28 Å². The van der Waals surface area contributed by atoms with E-state index >= 15 is 0 Å². The number of aromatic amines is 1. The molecule has 3 rings (SSSR count). The van der Waals surface area contributed by atoms with Crippen molar-refractivity contribution in [3.63, 3.8) is 0 Å². The lowest BCUT2D eigenvalue weighted by Gasteiger charge is -2.15. The minimum atomic E-state index is -0.342. The molecule has 1 N–H and O–H groups in total. The van der Waals surface area contributed by atoms with Crippen molar-refractivity contribution in [1.29, 1.82) is 0 Å². The number of benzene rings is 1. The third-order valence-electron chi connectivity index (χ3n) is 2.80. The third-order valence-corrected chi connectivity index (χ3v) is 2.98. The van der Waals surface area contributed by atoms with Gasteiger partial charge in [0, 0.05) is 18.6 Å². The summed E-state index contributed by atoms with van der Waals surface area (Å²) in [5, 5.41) is 7.62. The van der Waals surface area contributed by atoms with Crippen LogP contribution in [0.3, 0.4) is 0 Å². The average Bonchev–Trinajstić information content (AvgIpc) is 2.83. The molecular weight excluding hydrogens is 269 g/mol. The molecule has 0 aliphatic carbocycles. The number of rotatable bonds is 2. The third kappa shape index (κ3) is 2.00. The highest BCUT2D eigenvalue weighted by Gasteiger charge is 2.15. The van der Waals surface area contributed by atoms with Gasteiger partial charge in [-0.2, -0.15) is 5.10 Å². The van der Waals surface area contributed by atoms with E-state index in [0.717, 1.165) is 0 Å². The minimum absolute atomic E-state index is 0.148. The monoisotopic (exact) mass is 277 g/mol. The summed E-state index contributed by atoms with van der Waals surface area (Å²) in [7, 11) is 1.78. The normalized spacial score (nSPS) is 10.9. The fraction of sp³-hybridized carbons (Fsp3) is 0.0833. The van der Waals surface area contributed by atoms with Gasteiger partial charge in [-0.1, -0.05) is 6.07 Å². The molecule has 0 fully saturated rings. The largest absolute Gasteiger partial charge is 0.312 e. The molecule has 0 radical (unpaired) electrons. The predicted octanol–water partition coefficient (Wildman–Crippen LogP) is 2.91. The molecule has 96 valence electrons. The van der Waals surface area contributed by atoms with E-state index in [0.29, 0.717) is 22.5 Å². The lowest BCUT2D eigenvalue weighted by molar-refractivity contribution is 0.636. The van der Waals surface area contributed by atoms with Crippen LogP contribution < -0.4 is 4.90 Å².